The molecule has 1 rings (SSSR count). The van der Waals surface area contributed by atoms with E-state index in [2.05, 4.69) is 20.3 Å². The third kappa shape index (κ3) is 2.91. The van der Waals surface area contributed by atoms with E-state index in [1.54, 1.807) is 6.92 Å². The summed E-state index contributed by atoms with van der Waals surface area (Å²) in [6.45, 7) is 1.05. The molecule has 0 amide bonds. The van der Waals surface area contributed by atoms with E-state index in [4.69, 9.17) is 20.7 Å². The minimum Gasteiger partial charge on any atom is -0.467 e. The fourth-order valence-electron chi connectivity index (χ4n) is 0.918. The van der Waals surface area contributed by atoms with E-state index in [0.29, 0.717) is 0 Å². The van der Waals surface area contributed by atoms with Gasteiger partial charge in [-0.15, -0.1) is 0 Å². The molecule has 0 aliphatic carbocycles. The van der Waals surface area contributed by atoms with Crippen LogP contribution in [0.4, 0.5) is 11.9 Å². The normalized spacial score (nSPS) is 11.2. The maximum absolute atomic E-state index is 9.09. The molecule has 0 radical (unpaired) electrons. The van der Waals surface area contributed by atoms with Gasteiger partial charge in [-0.2, -0.15) is 15.0 Å². The zero-order chi connectivity index (χ0) is 12.2. The fraction of sp³-hybridized carbons (Fsp3) is 0.625. The second-order valence-corrected chi connectivity index (χ2v) is 3.51. The van der Waals surface area contributed by atoms with Crippen molar-refractivity contribution >= 4 is 11.9 Å². The van der Waals surface area contributed by atoms with Crippen LogP contribution in [-0.2, 0) is 0 Å². The van der Waals surface area contributed by atoms with E-state index in [1.165, 1.54) is 7.11 Å². The predicted octanol–water partition coefficient (Wildman–Crippen LogP) is -1.38. The number of methoxy groups -OCH3 is 1. The average molecular weight is 229 g/mol. The Hall–Kier alpha value is -1.67. The summed E-state index contributed by atoms with van der Waals surface area (Å²) in [5.41, 5.74) is 4.50. The number of hydrogen-bond donors (Lipinski definition) is 4. The van der Waals surface area contributed by atoms with Crippen LogP contribution in [0.15, 0.2) is 0 Å². The zero-order valence-corrected chi connectivity index (χ0v) is 9.14. The van der Waals surface area contributed by atoms with Gasteiger partial charge >= 0.3 is 6.01 Å². The van der Waals surface area contributed by atoms with Crippen molar-refractivity contribution in [3.05, 3.63) is 0 Å². The van der Waals surface area contributed by atoms with Gasteiger partial charge in [0.1, 0.15) is 0 Å². The van der Waals surface area contributed by atoms with E-state index >= 15 is 0 Å². The van der Waals surface area contributed by atoms with Gasteiger partial charge in [0.25, 0.3) is 0 Å². The number of ether oxygens (including phenoxy) is 1. The predicted molar refractivity (Wildman–Crippen MR) is 57.0 cm³/mol. The van der Waals surface area contributed by atoms with E-state index in [0.717, 1.165) is 0 Å². The number of nitrogens with zero attached hydrogens (tertiary/aromatic N) is 3. The van der Waals surface area contributed by atoms with Crippen LogP contribution in [0.25, 0.3) is 0 Å². The van der Waals surface area contributed by atoms with Crippen LogP contribution in [0.5, 0.6) is 6.01 Å². The Morgan fingerprint density at radius 2 is 1.94 bits per heavy atom. The van der Waals surface area contributed by atoms with Gasteiger partial charge in [-0.25, -0.2) is 0 Å². The van der Waals surface area contributed by atoms with Gasteiger partial charge < -0.3 is 26.0 Å². The summed E-state index contributed by atoms with van der Waals surface area (Å²) in [7, 11) is 1.40. The molecule has 1 aromatic rings. The Bertz CT molecular complexity index is 356. The first-order valence-electron chi connectivity index (χ1n) is 4.58. The molecular formula is C8H15N5O3. The molecule has 1 aromatic heterocycles. The Kier molecular flexibility index (Phi) is 3.80. The Balaban J connectivity index is 2.92. The minimum atomic E-state index is -0.932. The summed E-state index contributed by atoms with van der Waals surface area (Å²) in [4.78, 5) is 11.4. The number of aromatic nitrogens is 3. The molecule has 0 atom stereocenters. The fourth-order valence-corrected chi connectivity index (χ4v) is 0.918. The molecule has 0 spiro atoms. The van der Waals surface area contributed by atoms with Crippen molar-refractivity contribution in [3.63, 3.8) is 0 Å². The number of hydrogen-bond acceptors (Lipinski definition) is 8. The summed E-state index contributed by atoms with van der Waals surface area (Å²) < 4.78 is 4.81. The van der Waals surface area contributed by atoms with Crippen molar-refractivity contribution in [1.29, 1.82) is 0 Å². The van der Waals surface area contributed by atoms with Gasteiger partial charge in [-0.3, -0.25) is 0 Å². The molecule has 0 unspecified atom stereocenters. The highest BCUT2D eigenvalue weighted by Gasteiger charge is 2.23. The maximum atomic E-state index is 9.09. The highest BCUT2D eigenvalue weighted by Crippen LogP contribution is 2.13. The SMILES string of the molecule is COc1nc(N)nc(NC(C)(CO)CO)n1. The number of rotatable bonds is 5. The molecule has 0 saturated heterocycles. The van der Waals surface area contributed by atoms with E-state index < -0.39 is 5.54 Å². The first-order valence-corrected chi connectivity index (χ1v) is 4.58. The summed E-state index contributed by atoms with van der Waals surface area (Å²) >= 11 is 0. The summed E-state index contributed by atoms with van der Waals surface area (Å²) in [5, 5.41) is 20.9. The maximum Gasteiger partial charge on any atom is 0.322 e. The van der Waals surface area contributed by atoms with Crippen LogP contribution in [0.2, 0.25) is 0 Å². The van der Waals surface area contributed by atoms with Gasteiger partial charge in [-0.05, 0) is 6.92 Å². The molecule has 0 bridgehead atoms. The number of aliphatic hydroxyl groups excluding tert-OH is 2. The van der Waals surface area contributed by atoms with Crippen LogP contribution < -0.4 is 15.8 Å². The third-order valence-electron chi connectivity index (χ3n) is 1.93. The molecule has 16 heavy (non-hydrogen) atoms. The molecular weight excluding hydrogens is 214 g/mol. The van der Waals surface area contributed by atoms with Gasteiger partial charge in [-0.1, -0.05) is 0 Å². The van der Waals surface area contributed by atoms with Crippen LogP contribution in [0.3, 0.4) is 0 Å². The van der Waals surface area contributed by atoms with E-state index in [9.17, 15) is 0 Å². The van der Waals surface area contributed by atoms with Crippen molar-refractivity contribution in [3.8, 4) is 6.01 Å². The minimum absolute atomic E-state index is 0.00687. The number of aliphatic hydroxyl groups is 2. The second kappa shape index (κ2) is 4.90. The second-order valence-electron chi connectivity index (χ2n) is 3.51. The monoisotopic (exact) mass is 229 g/mol. The summed E-state index contributed by atoms with van der Waals surface area (Å²) in [5.74, 6) is 0.127. The van der Waals surface area contributed by atoms with Gasteiger partial charge in [0.15, 0.2) is 0 Å². The lowest BCUT2D eigenvalue weighted by Gasteiger charge is -2.25. The van der Waals surface area contributed by atoms with Crippen LogP contribution >= 0.6 is 0 Å². The molecule has 5 N–H and O–H groups in total. The van der Waals surface area contributed by atoms with Crippen LogP contribution in [-0.4, -0.2) is 51.0 Å². The van der Waals surface area contributed by atoms with E-state index in [-0.39, 0.29) is 31.1 Å². The highest BCUT2D eigenvalue weighted by atomic mass is 16.5. The lowest BCUT2D eigenvalue weighted by molar-refractivity contribution is 0.147. The lowest BCUT2D eigenvalue weighted by atomic mass is 10.1. The third-order valence-corrected chi connectivity index (χ3v) is 1.93. The molecule has 0 fully saturated rings. The van der Waals surface area contributed by atoms with E-state index in [1.807, 2.05) is 0 Å². The molecule has 0 aliphatic heterocycles. The molecule has 90 valence electrons. The van der Waals surface area contributed by atoms with Crippen molar-refractivity contribution < 1.29 is 14.9 Å². The highest BCUT2D eigenvalue weighted by molar-refractivity contribution is 5.35. The standard InChI is InChI=1S/C8H15N5O3/c1-8(3-14,4-15)13-6-10-5(9)11-7(12-6)16-2/h14-15H,3-4H2,1-2H3,(H3,9,10,11,12,13). The summed E-state index contributed by atoms with van der Waals surface area (Å²) in [6.07, 6.45) is 0. The molecule has 1 heterocycles. The number of nitrogens with two attached hydrogens (primary N) is 1. The lowest BCUT2D eigenvalue weighted by Crippen LogP contribution is -2.43. The van der Waals surface area contributed by atoms with Crippen LogP contribution in [0, 0.1) is 0 Å². The Labute approximate surface area is 92.5 Å². The zero-order valence-electron chi connectivity index (χ0n) is 9.14. The Morgan fingerprint density at radius 1 is 1.31 bits per heavy atom. The first-order chi connectivity index (χ1) is 7.53. The van der Waals surface area contributed by atoms with Gasteiger partial charge in [0.05, 0.1) is 25.9 Å². The molecule has 0 saturated carbocycles. The molecule has 8 heteroatoms. The van der Waals surface area contributed by atoms with Gasteiger partial charge in [0.2, 0.25) is 11.9 Å². The van der Waals surface area contributed by atoms with Crippen molar-refractivity contribution in [1.82, 2.24) is 15.0 Å². The summed E-state index contributed by atoms with van der Waals surface area (Å²) in [6, 6.07) is 0.0632. The van der Waals surface area contributed by atoms with Crippen molar-refractivity contribution in [2.45, 2.75) is 12.5 Å². The molecule has 0 aromatic carbocycles. The van der Waals surface area contributed by atoms with Crippen molar-refractivity contribution in [2.24, 2.45) is 0 Å². The topological polar surface area (TPSA) is 126 Å². The first kappa shape index (κ1) is 12.4. The smallest absolute Gasteiger partial charge is 0.322 e. The Morgan fingerprint density at radius 3 is 2.44 bits per heavy atom. The number of anilines is 2. The number of nitrogens with one attached hydrogen (secondary N) is 1. The average Bonchev–Trinajstić information content (AvgIpc) is 2.28. The number of nitrogen functional groups attached to an aromatic ring is 1. The van der Waals surface area contributed by atoms with Crippen LogP contribution in [0.1, 0.15) is 6.92 Å². The van der Waals surface area contributed by atoms with Crippen molar-refractivity contribution in [2.75, 3.05) is 31.4 Å². The molecule has 8 nitrogen and oxygen atoms in total. The molecule has 0 aliphatic rings. The largest absolute Gasteiger partial charge is 0.467 e. The quantitative estimate of drug-likeness (QED) is 0.486. The van der Waals surface area contributed by atoms with Gasteiger partial charge in [0, 0.05) is 0 Å².